The lowest BCUT2D eigenvalue weighted by atomic mass is 9.85. The normalized spacial score (nSPS) is 14.9. The zero-order valence-corrected chi connectivity index (χ0v) is 12.4. The molecule has 1 aromatic carbocycles. The van der Waals surface area contributed by atoms with E-state index in [1.165, 1.54) is 12.1 Å². The number of Topliss-reactive ketones (excluding diaryl/α,β-unsaturated/α-hetero) is 2. The zero-order chi connectivity index (χ0) is 16.3. The van der Waals surface area contributed by atoms with Gasteiger partial charge in [-0.25, -0.2) is 4.79 Å². The molecule has 0 aliphatic heterocycles. The van der Waals surface area contributed by atoms with E-state index in [2.05, 4.69) is 0 Å². The van der Waals surface area contributed by atoms with E-state index in [4.69, 9.17) is 4.74 Å². The van der Waals surface area contributed by atoms with Crippen molar-refractivity contribution in [3.05, 3.63) is 52.6 Å². The number of hydrogen-bond acceptors (Lipinski definition) is 5. The molecular weight excluding hydrogens is 284 g/mol. The van der Waals surface area contributed by atoms with Crippen molar-refractivity contribution in [1.82, 2.24) is 0 Å². The number of aliphatic hydroxyl groups excluding tert-OH is 1. The van der Waals surface area contributed by atoms with Crippen molar-refractivity contribution in [1.29, 1.82) is 0 Å². The molecule has 1 N–H and O–H groups in total. The fourth-order valence-corrected chi connectivity index (χ4v) is 2.29. The highest BCUT2D eigenvalue weighted by atomic mass is 16.5. The zero-order valence-electron chi connectivity index (χ0n) is 12.4. The van der Waals surface area contributed by atoms with E-state index in [1.807, 2.05) is 0 Å². The fourth-order valence-electron chi connectivity index (χ4n) is 2.29. The molecule has 1 aliphatic rings. The second kappa shape index (κ2) is 6.39. The number of carbonyl (C=O) groups excluding carboxylic acids is 3. The summed E-state index contributed by atoms with van der Waals surface area (Å²) in [7, 11) is 0. The molecule has 0 unspecified atom stereocenters. The third-order valence-electron chi connectivity index (χ3n) is 3.45. The minimum absolute atomic E-state index is 0.0788. The molecule has 1 aliphatic carbocycles. The largest absolute Gasteiger partial charge is 0.507 e. The smallest absolute Gasteiger partial charge is 0.333 e. The number of hydrogen-bond donors (Lipinski definition) is 1. The highest BCUT2D eigenvalue weighted by Gasteiger charge is 2.33. The molecule has 0 heterocycles. The van der Waals surface area contributed by atoms with Crippen LogP contribution in [0.1, 0.15) is 36.2 Å². The van der Waals surface area contributed by atoms with Crippen LogP contribution in [0.25, 0.3) is 5.76 Å². The lowest BCUT2D eigenvalue weighted by molar-refractivity contribution is -0.138. The number of carbonyl (C=O) groups is 3. The lowest BCUT2D eigenvalue weighted by Crippen LogP contribution is -2.25. The molecule has 0 amide bonds. The summed E-state index contributed by atoms with van der Waals surface area (Å²) in [5.74, 6) is -2.30. The van der Waals surface area contributed by atoms with Gasteiger partial charge in [-0.1, -0.05) is 30.3 Å². The van der Waals surface area contributed by atoms with Gasteiger partial charge in [-0.2, -0.15) is 0 Å². The van der Waals surface area contributed by atoms with Gasteiger partial charge in [-0.15, -0.1) is 0 Å². The summed E-state index contributed by atoms with van der Waals surface area (Å²) in [5.41, 5.74) is 0.627. The Morgan fingerprint density at radius 2 is 1.82 bits per heavy atom. The van der Waals surface area contributed by atoms with Crippen molar-refractivity contribution in [2.75, 3.05) is 6.61 Å². The first-order valence-electron chi connectivity index (χ1n) is 6.94. The Bertz CT molecular complexity index is 710. The second-order valence-corrected chi connectivity index (χ2v) is 4.74. The van der Waals surface area contributed by atoms with Crippen LogP contribution in [0.5, 0.6) is 0 Å². The first-order chi connectivity index (χ1) is 10.5. The summed E-state index contributed by atoms with van der Waals surface area (Å²) in [5, 5.41) is 10.3. The first kappa shape index (κ1) is 15.7. The van der Waals surface area contributed by atoms with Crippen LogP contribution in [-0.2, 0) is 14.3 Å². The number of allylic oxidation sites excluding steroid dienone is 2. The summed E-state index contributed by atoms with van der Waals surface area (Å²) in [4.78, 5) is 36.1. The summed E-state index contributed by atoms with van der Waals surface area (Å²) in [6.45, 7) is 3.51. The lowest BCUT2D eigenvalue weighted by Gasteiger charge is -2.18. The van der Waals surface area contributed by atoms with Crippen LogP contribution in [0.2, 0.25) is 0 Å². The van der Waals surface area contributed by atoms with Crippen molar-refractivity contribution >= 4 is 23.3 Å². The highest BCUT2D eigenvalue weighted by Crippen LogP contribution is 2.31. The molecule has 5 nitrogen and oxygen atoms in total. The Kier molecular flexibility index (Phi) is 4.56. The topological polar surface area (TPSA) is 80.7 Å². The van der Waals surface area contributed by atoms with Crippen molar-refractivity contribution in [3.63, 3.8) is 0 Å². The Labute approximate surface area is 127 Å². The molecule has 0 saturated carbocycles. The Morgan fingerprint density at radius 1 is 1.18 bits per heavy atom. The monoisotopic (exact) mass is 300 g/mol. The van der Waals surface area contributed by atoms with Gasteiger partial charge in [0.15, 0.2) is 0 Å². The van der Waals surface area contributed by atoms with Gasteiger partial charge in [-0.05, 0) is 13.8 Å². The van der Waals surface area contributed by atoms with Crippen LogP contribution in [0.15, 0.2) is 41.5 Å². The van der Waals surface area contributed by atoms with Gasteiger partial charge in [-0.3, -0.25) is 9.59 Å². The van der Waals surface area contributed by atoms with Crippen LogP contribution in [0, 0.1) is 0 Å². The van der Waals surface area contributed by atoms with E-state index in [9.17, 15) is 19.5 Å². The maximum absolute atomic E-state index is 12.2. The van der Waals surface area contributed by atoms with E-state index in [0.717, 1.165) is 0 Å². The minimum atomic E-state index is -0.792. The van der Waals surface area contributed by atoms with Gasteiger partial charge in [0.05, 0.1) is 12.2 Å². The van der Waals surface area contributed by atoms with Crippen molar-refractivity contribution < 1.29 is 24.2 Å². The molecule has 0 bridgehead atoms. The van der Waals surface area contributed by atoms with Gasteiger partial charge in [0, 0.05) is 23.1 Å². The van der Waals surface area contributed by atoms with Gasteiger partial charge >= 0.3 is 5.97 Å². The summed E-state index contributed by atoms with van der Waals surface area (Å²) >= 11 is 0. The number of aliphatic hydroxyl groups is 1. The van der Waals surface area contributed by atoms with E-state index >= 15 is 0 Å². The molecule has 1 aromatic rings. The van der Waals surface area contributed by atoms with Crippen molar-refractivity contribution in [2.45, 2.75) is 20.3 Å². The van der Waals surface area contributed by atoms with Crippen LogP contribution in [-0.4, -0.2) is 29.2 Å². The molecule has 22 heavy (non-hydrogen) atoms. The average molecular weight is 300 g/mol. The predicted molar refractivity (Wildman–Crippen MR) is 80.3 cm³/mol. The molecule has 114 valence electrons. The molecular formula is C17H16O5. The average Bonchev–Trinajstić information content (AvgIpc) is 2.53. The summed E-state index contributed by atoms with van der Waals surface area (Å²) < 4.78 is 4.90. The fraction of sp³-hybridized carbons (Fsp3) is 0.235. The van der Waals surface area contributed by atoms with Crippen LogP contribution < -0.4 is 0 Å². The van der Waals surface area contributed by atoms with Crippen molar-refractivity contribution in [3.8, 4) is 0 Å². The molecule has 0 fully saturated rings. The van der Waals surface area contributed by atoms with Gasteiger partial charge in [0.25, 0.3) is 0 Å². The summed E-state index contributed by atoms with van der Waals surface area (Å²) in [6, 6.07) is 6.34. The second-order valence-electron chi connectivity index (χ2n) is 4.74. The number of rotatable bonds is 4. The SMILES string of the molecule is C/C=C(/CC1=C(O)c2ccccc2C(=O)C1=O)C(=O)OCC. The van der Waals surface area contributed by atoms with E-state index in [0.29, 0.717) is 5.56 Å². The van der Waals surface area contributed by atoms with Crippen LogP contribution in [0.3, 0.4) is 0 Å². The Hall–Kier alpha value is -2.69. The van der Waals surface area contributed by atoms with Gasteiger partial charge in [0.1, 0.15) is 5.76 Å². The first-order valence-corrected chi connectivity index (χ1v) is 6.94. The number of esters is 1. The molecule has 0 saturated heterocycles. The third kappa shape index (κ3) is 2.70. The number of ether oxygens (including phenoxy) is 1. The van der Waals surface area contributed by atoms with Gasteiger partial charge in [0.2, 0.25) is 11.6 Å². The standard InChI is InChI=1S/C17H16O5/c1-3-10(17(21)22-4-2)9-13-14(18)11-7-5-6-8-12(11)15(19)16(13)20/h3,5-8,18H,4,9H2,1-2H3/b10-3-. The third-order valence-corrected chi connectivity index (χ3v) is 3.45. The Balaban J connectivity index is 2.44. The molecule has 0 radical (unpaired) electrons. The molecule has 0 atom stereocenters. The number of ketones is 2. The highest BCUT2D eigenvalue weighted by molar-refractivity contribution is 6.52. The van der Waals surface area contributed by atoms with E-state index < -0.39 is 17.5 Å². The quantitative estimate of drug-likeness (QED) is 0.525. The molecule has 5 heteroatoms. The molecule has 2 rings (SSSR count). The molecule has 0 aromatic heterocycles. The van der Waals surface area contributed by atoms with Gasteiger partial charge < -0.3 is 9.84 Å². The van der Waals surface area contributed by atoms with Crippen LogP contribution >= 0.6 is 0 Å². The maximum Gasteiger partial charge on any atom is 0.333 e. The number of fused-ring (bicyclic) bond motifs is 1. The molecule has 0 spiro atoms. The van der Waals surface area contributed by atoms with E-state index in [1.54, 1.807) is 32.0 Å². The number of benzene rings is 1. The predicted octanol–water partition coefficient (Wildman–Crippen LogP) is 2.62. The van der Waals surface area contributed by atoms with Crippen molar-refractivity contribution in [2.24, 2.45) is 0 Å². The Morgan fingerprint density at radius 3 is 2.41 bits per heavy atom. The summed E-state index contributed by atoms with van der Waals surface area (Å²) in [6.07, 6.45) is 1.37. The maximum atomic E-state index is 12.2. The minimum Gasteiger partial charge on any atom is -0.507 e. The van der Waals surface area contributed by atoms with Crippen LogP contribution in [0.4, 0.5) is 0 Å². The van der Waals surface area contributed by atoms with E-state index in [-0.39, 0.29) is 35.5 Å².